The molecule has 0 unspecified atom stereocenters. The van der Waals surface area contributed by atoms with Gasteiger partial charge in [-0.3, -0.25) is 9.78 Å². The Morgan fingerprint density at radius 3 is 2.58 bits per heavy atom. The second-order valence-electron chi connectivity index (χ2n) is 7.97. The van der Waals surface area contributed by atoms with Gasteiger partial charge < -0.3 is 10.2 Å². The molecular formula is C26H22FN5O. The molecule has 1 N–H and O–H groups in total. The number of aromatic nitrogens is 3. The van der Waals surface area contributed by atoms with Crippen LogP contribution in [-0.4, -0.2) is 38.8 Å². The molecule has 0 saturated carbocycles. The highest BCUT2D eigenvalue weighted by Gasteiger charge is 2.30. The third kappa shape index (κ3) is 4.72. The van der Waals surface area contributed by atoms with Gasteiger partial charge in [-0.1, -0.05) is 24.3 Å². The molecule has 5 rings (SSSR count). The third-order valence-corrected chi connectivity index (χ3v) is 5.68. The number of anilines is 2. The number of hydrogen-bond acceptors (Lipinski definition) is 5. The van der Waals surface area contributed by atoms with E-state index in [-0.39, 0.29) is 17.6 Å². The molecule has 1 amide bonds. The fraction of sp³-hybridized carbons (Fsp3) is 0.154. The topological polar surface area (TPSA) is 71.0 Å². The van der Waals surface area contributed by atoms with Crippen LogP contribution in [0.2, 0.25) is 0 Å². The number of carbonyl (C=O) groups excluding carboxylic acids is 1. The predicted molar refractivity (Wildman–Crippen MR) is 125 cm³/mol. The zero-order valence-corrected chi connectivity index (χ0v) is 17.9. The Hall–Kier alpha value is -4.13. The summed E-state index contributed by atoms with van der Waals surface area (Å²) in [6, 6.07) is 21.2. The fourth-order valence-electron chi connectivity index (χ4n) is 4.02. The molecule has 0 bridgehead atoms. The van der Waals surface area contributed by atoms with Gasteiger partial charge in [-0.05, 0) is 48.9 Å². The molecule has 7 heteroatoms. The molecule has 2 aromatic carbocycles. The number of hydrogen-bond donors (Lipinski definition) is 1. The van der Waals surface area contributed by atoms with E-state index >= 15 is 0 Å². The van der Waals surface area contributed by atoms with E-state index in [1.165, 1.54) is 12.1 Å². The summed E-state index contributed by atoms with van der Waals surface area (Å²) in [5.74, 6) is 0.931. The summed E-state index contributed by atoms with van der Waals surface area (Å²) < 4.78 is 13.7. The van der Waals surface area contributed by atoms with Crippen LogP contribution in [0.3, 0.4) is 0 Å². The largest absolute Gasteiger partial charge is 0.340 e. The molecule has 0 spiro atoms. The number of nitrogens with zero attached hydrogens (tertiary/aromatic N) is 4. The molecule has 6 nitrogen and oxygen atoms in total. The van der Waals surface area contributed by atoms with E-state index in [1.54, 1.807) is 24.5 Å². The van der Waals surface area contributed by atoms with Crippen molar-refractivity contribution in [2.75, 3.05) is 18.4 Å². The Balaban J connectivity index is 1.44. The quantitative estimate of drug-likeness (QED) is 0.471. The van der Waals surface area contributed by atoms with Crippen molar-refractivity contribution in [3.05, 3.63) is 102 Å². The average molecular weight is 439 g/mol. The lowest BCUT2D eigenvalue weighted by Gasteiger charge is -2.17. The molecule has 2 aromatic heterocycles. The lowest BCUT2D eigenvalue weighted by Crippen LogP contribution is -2.28. The Labute approximate surface area is 191 Å². The van der Waals surface area contributed by atoms with Gasteiger partial charge in [0.15, 0.2) is 0 Å². The van der Waals surface area contributed by atoms with Crippen molar-refractivity contribution in [3.8, 4) is 11.3 Å². The summed E-state index contributed by atoms with van der Waals surface area (Å²) in [4.78, 5) is 28.4. The van der Waals surface area contributed by atoms with E-state index in [2.05, 4.69) is 10.3 Å². The molecular weight excluding hydrogens is 417 g/mol. The van der Waals surface area contributed by atoms with Crippen molar-refractivity contribution in [2.45, 2.75) is 12.3 Å². The van der Waals surface area contributed by atoms with Crippen molar-refractivity contribution >= 4 is 17.4 Å². The maximum Gasteiger partial charge on any atom is 0.253 e. The lowest BCUT2D eigenvalue weighted by atomic mass is 10.1. The standard InChI is InChI=1S/C26H22FN5O/c27-21-7-4-8-22(15-21)29-24-16-23(18-9-12-28-13-10-18)30-25(31-24)20-11-14-32(17-20)26(33)19-5-2-1-3-6-19/h1-10,12-13,15-16,20H,11,14,17H2,(H,29,30,31)/t20-/m1/s1. The van der Waals surface area contributed by atoms with Gasteiger partial charge in [-0.2, -0.15) is 0 Å². The van der Waals surface area contributed by atoms with E-state index in [4.69, 9.17) is 9.97 Å². The van der Waals surface area contributed by atoms with E-state index in [1.807, 2.05) is 53.4 Å². The maximum atomic E-state index is 13.7. The minimum absolute atomic E-state index is 0.00695. The summed E-state index contributed by atoms with van der Waals surface area (Å²) >= 11 is 0. The first-order valence-corrected chi connectivity index (χ1v) is 10.8. The Kier molecular flexibility index (Phi) is 5.76. The van der Waals surface area contributed by atoms with Crippen molar-refractivity contribution < 1.29 is 9.18 Å². The van der Waals surface area contributed by atoms with E-state index in [0.29, 0.717) is 36.0 Å². The number of nitrogens with one attached hydrogen (secondary N) is 1. The number of carbonyl (C=O) groups is 1. The van der Waals surface area contributed by atoms with Gasteiger partial charge in [0.25, 0.3) is 5.91 Å². The van der Waals surface area contributed by atoms with E-state index < -0.39 is 0 Å². The number of likely N-dealkylation sites (tertiary alicyclic amines) is 1. The molecule has 1 aliphatic heterocycles. The van der Waals surface area contributed by atoms with Crippen LogP contribution in [0.25, 0.3) is 11.3 Å². The molecule has 164 valence electrons. The third-order valence-electron chi connectivity index (χ3n) is 5.68. The second-order valence-corrected chi connectivity index (χ2v) is 7.97. The summed E-state index contributed by atoms with van der Waals surface area (Å²) in [6.45, 7) is 1.20. The SMILES string of the molecule is O=C(c1ccccc1)N1CC[C@@H](c2nc(Nc3cccc(F)c3)cc(-c3ccncc3)n2)C1. The summed E-state index contributed by atoms with van der Waals surface area (Å²) in [5.41, 5.74) is 2.94. The fourth-order valence-corrected chi connectivity index (χ4v) is 4.02. The zero-order chi connectivity index (χ0) is 22.6. The number of benzene rings is 2. The molecule has 1 atom stereocenters. The van der Waals surface area contributed by atoms with Gasteiger partial charge in [0.05, 0.1) is 5.69 Å². The van der Waals surface area contributed by atoms with Crippen LogP contribution in [0, 0.1) is 5.82 Å². The molecule has 1 aliphatic rings. The van der Waals surface area contributed by atoms with Gasteiger partial charge in [0.1, 0.15) is 17.5 Å². The van der Waals surface area contributed by atoms with Crippen LogP contribution in [0.15, 0.2) is 85.2 Å². The summed E-state index contributed by atoms with van der Waals surface area (Å²) in [7, 11) is 0. The molecule has 1 saturated heterocycles. The number of rotatable bonds is 5. The number of halogens is 1. The van der Waals surface area contributed by atoms with E-state index in [9.17, 15) is 9.18 Å². The smallest absolute Gasteiger partial charge is 0.253 e. The Morgan fingerprint density at radius 2 is 1.79 bits per heavy atom. The first kappa shape index (κ1) is 20.8. The molecule has 1 fully saturated rings. The second kappa shape index (κ2) is 9.16. The number of pyridine rings is 1. The molecule has 0 aliphatic carbocycles. The highest BCUT2D eigenvalue weighted by Crippen LogP contribution is 2.30. The highest BCUT2D eigenvalue weighted by molar-refractivity contribution is 5.94. The van der Waals surface area contributed by atoms with Crippen molar-refractivity contribution in [1.29, 1.82) is 0 Å². The lowest BCUT2D eigenvalue weighted by molar-refractivity contribution is 0.0790. The minimum Gasteiger partial charge on any atom is -0.340 e. The van der Waals surface area contributed by atoms with Crippen molar-refractivity contribution in [2.24, 2.45) is 0 Å². The molecule has 3 heterocycles. The van der Waals surface area contributed by atoms with Crippen LogP contribution in [-0.2, 0) is 0 Å². The molecule has 4 aromatic rings. The van der Waals surface area contributed by atoms with Crippen molar-refractivity contribution in [1.82, 2.24) is 19.9 Å². The van der Waals surface area contributed by atoms with Crippen LogP contribution in [0.1, 0.15) is 28.5 Å². The molecule has 0 radical (unpaired) electrons. The van der Waals surface area contributed by atoms with E-state index in [0.717, 1.165) is 17.7 Å². The van der Waals surface area contributed by atoms with Gasteiger partial charge >= 0.3 is 0 Å². The maximum absolute atomic E-state index is 13.7. The van der Waals surface area contributed by atoms with Gasteiger partial charge in [0, 0.05) is 54.3 Å². The van der Waals surface area contributed by atoms with Crippen LogP contribution < -0.4 is 5.32 Å². The van der Waals surface area contributed by atoms with Gasteiger partial charge in [-0.15, -0.1) is 0 Å². The highest BCUT2D eigenvalue weighted by atomic mass is 19.1. The summed E-state index contributed by atoms with van der Waals surface area (Å²) in [5, 5.41) is 3.19. The normalized spacial score (nSPS) is 15.4. The van der Waals surface area contributed by atoms with Gasteiger partial charge in [-0.25, -0.2) is 14.4 Å². The molecule has 33 heavy (non-hydrogen) atoms. The number of amides is 1. The average Bonchev–Trinajstić information content (AvgIpc) is 3.35. The summed E-state index contributed by atoms with van der Waals surface area (Å²) in [6.07, 6.45) is 4.21. The van der Waals surface area contributed by atoms with Gasteiger partial charge in [0.2, 0.25) is 0 Å². The van der Waals surface area contributed by atoms with Crippen LogP contribution >= 0.6 is 0 Å². The minimum atomic E-state index is -0.325. The monoisotopic (exact) mass is 439 g/mol. The zero-order valence-electron chi connectivity index (χ0n) is 17.9. The predicted octanol–water partition coefficient (Wildman–Crippen LogP) is 5.05. The Morgan fingerprint density at radius 1 is 0.970 bits per heavy atom. The first-order valence-electron chi connectivity index (χ1n) is 10.8. The van der Waals surface area contributed by atoms with Crippen molar-refractivity contribution in [3.63, 3.8) is 0 Å². The van der Waals surface area contributed by atoms with Crippen LogP contribution in [0.5, 0.6) is 0 Å². The van der Waals surface area contributed by atoms with Crippen LogP contribution in [0.4, 0.5) is 15.9 Å². The first-order chi connectivity index (χ1) is 16.2. The Bertz CT molecular complexity index is 1270.